The van der Waals surface area contributed by atoms with Crippen LogP contribution in [0.25, 0.3) is 11.0 Å². The van der Waals surface area contributed by atoms with Gasteiger partial charge in [0.2, 0.25) is 0 Å². The van der Waals surface area contributed by atoms with Gasteiger partial charge in [0, 0.05) is 0 Å². The van der Waals surface area contributed by atoms with E-state index in [1.54, 1.807) is 0 Å². The topological polar surface area (TPSA) is 66.0 Å². The van der Waals surface area contributed by atoms with E-state index in [4.69, 9.17) is 5.11 Å². The third-order valence-corrected chi connectivity index (χ3v) is 3.40. The van der Waals surface area contributed by atoms with Crippen LogP contribution in [0.2, 0.25) is 0 Å². The molecule has 2 aromatic rings. The van der Waals surface area contributed by atoms with E-state index in [0.29, 0.717) is 5.92 Å². The molecule has 17 heavy (non-hydrogen) atoms. The zero-order chi connectivity index (χ0) is 12.0. The number of imidazole rings is 1. The minimum atomic E-state index is -0.659. The first-order valence-electron chi connectivity index (χ1n) is 5.81. The maximum Gasteiger partial charge on any atom is 0.306 e. The fourth-order valence-electron chi connectivity index (χ4n) is 2.39. The average Bonchev–Trinajstić information content (AvgIpc) is 2.92. The number of nitrogens with zero attached hydrogens (tertiary/aromatic N) is 1. The van der Waals surface area contributed by atoms with E-state index in [1.165, 1.54) is 5.56 Å². The molecule has 0 amide bonds. The molecule has 1 fully saturated rings. The van der Waals surface area contributed by atoms with E-state index in [9.17, 15) is 4.79 Å². The van der Waals surface area contributed by atoms with E-state index in [-0.39, 0.29) is 5.92 Å². The summed E-state index contributed by atoms with van der Waals surface area (Å²) < 4.78 is 0. The highest BCUT2D eigenvalue weighted by Crippen LogP contribution is 2.41. The first kappa shape index (κ1) is 10.3. The van der Waals surface area contributed by atoms with Gasteiger partial charge in [0.15, 0.2) is 0 Å². The molecule has 1 aromatic carbocycles. The maximum atomic E-state index is 10.8. The van der Waals surface area contributed by atoms with Crippen molar-refractivity contribution in [1.29, 1.82) is 0 Å². The molecular weight excluding hydrogens is 216 g/mol. The Bertz CT molecular complexity index is 588. The molecule has 1 aliphatic rings. The predicted molar refractivity (Wildman–Crippen MR) is 63.8 cm³/mol. The van der Waals surface area contributed by atoms with E-state index < -0.39 is 5.97 Å². The van der Waals surface area contributed by atoms with E-state index >= 15 is 0 Å². The van der Waals surface area contributed by atoms with Gasteiger partial charge in [0.05, 0.1) is 17.0 Å². The Morgan fingerprint density at radius 3 is 3.12 bits per heavy atom. The summed E-state index contributed by atoms with van der Waals surface area (Å²) in [4.78, 5) is 18.3. The fraction of sp³-hybridized carbons (Fsp3) is 0.385. The Morgan fingerprint density at radius 1 is 1.59 bits per heavy atom. The normalized spacial score (nSPS) is 22.9. The number of fused-ring (bicyclic) bond motifs is 1. The largest absolute Gasteiger partial charge is 0.481 e. The molecule has 0 radical (unpaired) electrons. The van der Waals surface area contributed by atoms with Crippen LogP contribution in [-0.2, 0) is 11.2 Å². The smallest absolute Gasteiger partial charge is 0.306 e. The van der Waals surface area contributed by atoms with Crippen LogP contribution in [0, 0.1) is 18.8 Å². The second kappa shape index (κ2) is 3.58. The van der Waals surface area contributed by atoms with Crippen LogP contribution in [0.15, 0.2) is 18.2 Å². The van der Waals surface area contributed by atoms with Crippen LogP contribution in [0.3, 0.4) is 0 Å². The van der Waals surface area contributed by atoms with Crippen molar-refractivity contribution in [1.82, 2.24) is 9.97 Å². The number of aromatic amines is 1. The van der Waals surface area contributed by atoms with Crippen molar-refractivity contribution >= 4 is 17.0 Å². The molecule has 1 aliphatic carbocycles. The molecule has 2 atom stereocenters. The molecule has 4 heteroatoms. The summed E-state index contributed by atoms with van der Waals surface area (Å²) in [6.45, 7) is 1.93. The Morgan fingerprint density at radius 2 is 2.41 bits per heavy atom. The molecule has 0 spiro atoms. The van der Waals surface area contributed by atoms with Gasteiger partial charge in [-0.05, 0) is 43.4 Å². The maximum absolute atomic E-state index is 10.8. The van der Waals surface area contributed by atoms with Crippen LogP contribution in [-0.4, -0.2) is 21.0 Å². The number of aryl methyl sites for hydroxylation is 1. The van der Waals surface area contributed by atoms with Crippen molar-refractivity contribution in [3.8, 4) is 0 Å². The minimum Gasteiger partial charge on any atom is -0.481 e. The number of nitrogens with one attached hydrogen (secondary N) is 1. The van der Waals surface area contributed by atoms with E-state index in [2.05, 4.69) is 16.0 Å². The Labute approximate surface area is 98.7 Å². The van der Waals surface area contributed by atoms with Gasteiger partial charge in [0.1, 0.15) is 5.82 Å². The first-order valence-corrected chi connectivity index (χ1v) is 5.81. The highest BCUT2D eigenvalue weighted by atomic mass is 16.4. The van der Waals surface area contributed by atoms with Gasteiger partial charge < -0.3 is 10.1 Å². The predicted octanol–water partition coefficient (Wildman–Crippen LogP) is 2.13. The number of benzene rings is 1. The number of carboxylic acid groups (broad SMARTS) is 1. The zero-order valence-corrected chi connectivity index (χ0v) is 9.60. The second-order valence-electron chi connectivity index (χ2n) is 4.82. The molecule has 1 heterocycles. The molecule has 1 aromatic heterocycles. The van der Waals surface area contributed by atoms with Crippen molar-refractivity contribution in [2.24, 2.45) is 11.8 Å². The quantitative estimate of drug-likeness (QED) is 0.848. The van der Waals surface area contributed by atoms with Crippen molar-refractivity contribution < 1.29 is 9.90 Å². The van der Waals surface area contributed by atoms with Gasteiger partial charge in [-0.1, -0.05) is 6.07 Å². The molecule has 3 rings (SSSR count). The number of hydrogen-bond acceptors (Lipinski definition) is 2. The molecule has 88 valence electrons. The Hall–Kier alpha value is -1.84. The lowest BCUT2D eigenvalue weighted by Crippen LogP contribution is -2.01. The number of carboxylic acids is 1. The summed E-state index contributed by atoms with van der Waals surface area (Å²) in [7, 11) is 0. The summed E-state index contributed by atoms with van der Waals surface area (Å²) in [5, 5.41) is 8.86. The monoisotopic (exact) mass is 230 g/mol. The van der Waals surface area contributed by atoms with Crippen LogP contribution >= 0.6 is 0 Å². The van der Waals surface area contributed by atoms with Crippen molar-refractivity contribution in [3.05, 3.63) is 29.6 Å². The molecule has 0 bridgehead atoms. The summed E-state index contributed by atoms with van der Waals surface area (Å²) in [6.07, 6.45) is 1.67. The third-order valence-electron chi connectivity index (χ3n) is 3.40. The molecular formula is C13H14N2O2. The average molecular weight is 230 g/mol. The lowest BCUT2D eigenvalue weighted by atomic mass is 10.1. The van der Waals surface area contributed by atoms with Gasteiger partial charge in [0.25, 0.3) is 0 Å². The van der Waals surface area contributed by atoms with Crippen molar-refractivity contribution in [2.75, 3.05) is 0 Å². The highest BCUT2D eigenvalue weighted by molar-refractivity contribution is 5.76. The van der Waals surface area contributed by atoms with Gasteiger partial charge in [-0.3, -0.25) is 4.79 Å². The summed E-state index contributed by atoms with van der Waals surface area (Å²) in [5.41, 5.74) is 3.19. The summed E-state index contributed by atoms with van der Waals surface area (Å²) in [6, 6.07) is 6.11. The Kier molecular flexibility index (Phi) is 2.18. The fourth-order valence-corrected chi connectivity index (χ4v) is 2.39. The highest BCUT2D eigenvalue weighted by Gasteiger charge is 2.42. The van der Waals surface area contributed by atoms with Crippen molar-refractivity contribution in [3.63, 3.8) is 0 Å². The van der Waals surface area contributed by atoms with Crippen LogP contribution in [0.5, 0.6) is 0 Å². The van der Waals surface area contributed by atoms with Crippen LogP contribution in [0.1, 0.15) is 17.8 Å². The van der Waals surface area contributed by atoms with Crippen molar-refractivity contribution in [2.45, 2.75) is 19.8 Å². The third kappa shape index (κ3) is 1.90. The second-order valence-corrected chi connectivity index (χ2v) is 4.82. The molecule has 1 saturated carbocycles. The zero-order valence-electron chi connectivity index (χ0n) is 9.60. The van der Waals surface area contributed by atoms with Gasteiger partial charge in [-0.15, -0.1) is 0 Å². The molecule has 2 N–H and O–H groups in total. The standard InChI is InChI=1S/C13H14N2O2/c1-7-14-11-3-2-8(5-12(11)15-7)4-9-6-10(9)13(16)17/h2-3,5,9-10H,4,6H2,1H3,(H,14,15)(H,16,17). The number of hydrogen-bond donors (Lipinski definition) is 2. The molecule has 0 aliphatic heterocycles. The lowest BCUT2D eigenvalue weighted by molar-refractivity contribution is -0.138. The molecule has 0 saturated heterocycles. The van der Waals surface area contributed by atoms with Gasteiger partial charge >= 0.3 is 5.97 Å². The van der Waals surface area contributed by atoms with E-state index in [0.717, 1.165) is 29.7 Å². The molecule has 2 unspecified atom stereocenters. The number of carbonyl (C=O) groups is 1. The summed E-state index contributed by atoms with van der Waals surface area (Å²) in [5.74, 6) is 0.434. The minimum absolute atomic E-state index is 0.130. The lowest BCUT2D eigenvalue weighted by Gasteiger charge is -1.99. The summed E-state index contributed by atoms with van der Waals surface area (Å²) >= 11 is 0. The number of aromatic nitrogens is 2. The Balaban J connectivity index is 1.80. The molecule has 4 nitrogen and oxygen atoms in total. The van der Waals surface area contributed by atoms with E-state index in [1.807, 2.05) is 19.1 Å². The van der Waals surface area contributed by atoms with Gasteiger partial charge in [-0.2, -0.15) is 0 Å². The number of H-pyrrole nitrogens is 1. The van der Waals surface area contributed by atoms with Crippen LogP contribution < -0.4 is 0 Å². The van der Waals surface area contributed by atoms with Crippen LogP contribution in [0.4, 0.5) is 0 Å². The SMILES string of the molecule is Cc1nc2ccc(CC3CC3C(=O)O)cc2[nH]1. The van der Waals surface area contributed by atoms with Gasteiger partial charge in [-0.25, -0.2) is 4.98 Å². The first-order chi connectivity index (χ1) is 8.13. The number of aliphatic carboxylic acids is 1. The number of rotatable bonds is 3.